The average molecular weight is 198 g/mol. The summed E-state index contributed by atoms with van der Waals surface area (Å²) in [5.74, 6) is 1.79. The summed E-state index contributed by atoms with van der Waals surface area (Å²) in [7, 11) is 0. The first-order chi connectivity index (χ1) is 6.18. The number of nitrogens with one attached hydrogen (secondary N) is 1. The zero-order valence-electron chi connectivity index (χ0n) is 8.47. The SMILES string of the molecule is CC(C)CSC1(C#N)CCNCC1. The van der Waals surface area contributed by atoms with E-state index in [0.717, 1.165) is 31.7 Å². The van der Waals surface area contributed by atoms with Gasteiger partial charge in [-0.05, 0) is 37.6 Å². The van der Waals surface area contributed by atoms with Gasteiger partial charge in [0.1, 0.15) is 4.75 Å². The van der Waals surface area contributed by atoms with Gasteiger partial charge in [-0.15, -0.1) is 11.8 Å². The zero-order valence-corrected chi connectivity index (χ0v) is 9.28. The Morgan fingerprint density at radius 3 is 2.54 bits per heavy atom. The van der Waals surface area contributed by atoms with Gasteiger partial charge in [-0.3, -0.25) is 0 Å². The molecule has 1 aliphatic rings. The monoisotopic (exact) mass is 198 g/mol. The van der Waals surface area contributed by atoms with Gasteiger partial charge in [-0.25, -0.2) is 0 Å². The molecule has 1 aliphatic heterocycles. The number of nitriles is 1. The van der Waals surface area contributed by atoms with Gasteiger partial charge in [-0.1, -0.05) is 13.8 Å². The Morgan fingerprint density at radius 2 is 2.08 bits per heavy atom. The van der Waals surface area contributed by atoms with Crippen LogP contribution in [0.3, 0.4) is 0 Å². The third-order valence-corrected chi connectivity index (χ3v) is 4.19. The molecular formula is C10H18N2S. The average Bonchev–Trinajstić information content (AvgIpc) is 2.16. The highest BCUT2D eigenvalue weighted by Gasteiger charge is 2.32. The van der Waals surface area contributed by atoms with Crippen LogP contribution in [-0.4, -0.2) is 23.6 Å². The predicted octanol–water partition coefficient (Wildman–Crippen LogP) is 2.02. The van der Waals surface area contributed by atoms with E-state index >= 15 is 0 Å². The van der Waals surface area contributed by atoms with E-state index in [4.69, 9.17) is 5.26 Å². The van der Waals surface area contributed by atoms with Gasteiger partial charge in [0.15, 0.2) is 0 Å². The molecule has 3 heteroatoms. The van der Waals surface area contributed by atoms with Crippen LogP contribution in [0, 0.1) is 17.2 Å². The first-order valence-electron chi connectivity index (χ1n) is 4.94. The summed E-state index contributed by atoms with van der Waals surface area (Å²) >= 11 is 1.85. The summed E-state index contributed by atoms with van der Waals surface area (Å²) in [6, 6.07) is 2.50. The summed E-state index contributed by atoms with van der Waals surface area (Å²) in [5.41, 5.74) is 0. The van der Waals surface area contributed by atoms with Crippen molar-refractivity contribution in [3.8, 4) is 6.07 Å². The Kier molecular flexibility index (Phi) is 4.08. The largest absolute Gasteiger partial charge is 0.317 e. The summed E-state index contributed by atoms with van der Waals surface area (Å²) < 4.78 is -0.0878. The molecule has 1 saturated heterocycles. The Bertz CT molecular complexity index is 190. The second kappa shape index (κ2) is 4.88. The lowest BCUT2D eigenvalue weighted by molar-refractivity contribution is 0.475. The molecule has 1 heterocycles. The zero-order chi connectivity index (χ0) is 9.73. The van der Waals surface area contributed by atoms with Crippen LogP contribution in [0.5, 0.6) is 0 Å². The smallest absolute Gasteiger partial charge is 0.105 e. The minimum Gasteiger partial charge on any atom is -0.317 e. The third kappa shape index (κ3) is 3.21. The molecule has 0 aliphatic carbocycles. The maximum atomic E-state index is 9.16. The summed E-state index contributed by atoms with van der Waals surface area (Å²) in [6.07, 6.45) is 2.00. The highest BCUT2D eigenvalue weighted by Crippen LogP contribution is 2.34. The standard InChI is InChI=1S/C10H18N2S/c1-9(2)7-13-10(8-11)3-5-12-6-4-10/h9,12H,3-7H2,1-2H3. The summed E-state index contributed by atoms with van der Waals surface area (Å²) in [5, 5.41) is 12.5. The third-order valence-electron chi connectivity index (χ3n) is 2.31. The molecule has 0 atom stereocenters. The molecule has 2 nitrogen and oxygen atoms in total. The van der Waals surface area contributed by atoms with E-state index in [2.05, 4.69) is 25.2 Å². The van der Waals surface area contributed by atoms with E-state index in [0.29, 0.717) is 5.92 Å². The number of rotatable bonds is 3. The minimum atomic E-state index is -0.0878. The molecule has 0 bridgehead atoms. The first kappa shape index (κ1) is 10.9. The molecule has 74 valence electrons. The van der Waals surface area contributed by atoms with Crippen LogP contribution < -0.4 is 5.32 Å². The van der Waals surface area contributed by atoms with Crippen molar-refractivity contribution >= 4 is 11.8 Å². The number of piperidine rings is 1. The van der Waals surface area contributed by atoms with Gasteiger partial charge in [0.05, 0.1) is 6.07 Å². The van der Waals surface area contributed by atoms with Crippen LogP contribution in [-0.2, 0) is 0 Å². The normalized spacial score (nSPS) is 21.4. The fraction of sp³-hybridized carbons (Fsp3) is 0.900. The lowest BCUT2D eigenvalue weighted by atomic mass is 9.99. The highest BCUT2D eigenvalue weighted by molar-refractivity contribution is 8.00. The Balaban J connectivity index is 2.44. The maximum absolute atomic E-state index is 9.16. The molecule has 0 amide bonds. The Morgan fingerprint density at radius 1 is 1.46 bits per heavy atom. The van der Waals surface area contributed by atoms with Gasteiger partial charge in [-0.2, -0.15) is 5.26 Å². The van der Waals surface area contributed by atoms with Crippen LogP contribution in [0.2, 0.25) is 0 Å². The first-order valence-corrected chi connectivity index (χ1v) is 5.93. The van der Waals surface area contributed by atoms with E-state index in [1.165, 1.54) is 0 Å². The molecule has 0 unspecified atom stereocenters. The van der Waals surface area contributed by atoms with Crippen LogP contribution in [0.1, 0.15) is 26.7 Å². The molecule has 0 aromatic rings. The second-order valence-corrected chi connectivity index (χ2v) is 5.46. The van der Waals surface area contributed by atoms with Crippen molar-refractivity contribution in [2.75, 3.05) is 18.8 Å². The van der Waals surface area contributed by atoms with Gasteiger partial charge >= 0.3 is 0 Å². The van der Waals surface area contributed by atoms with E-state index in [1.54, 1.807) is 0 Å². The van der Waals surface area contributed by atoms with E-state index < -0.39 is 0 Å². The number of hydrogen-bond donors (Lipinski definition) is 1. The fourth-order valence-electron chi connectivity index (χ4n) is 1.45. The lowest BCUT2D eigenvalue weighted by Crippen LogP contribution is -2.38. The van der Waals surface area contributed by atoms with Gasteiger partial charge in [0.25, 0.3) is 0 Å². The van der Waals surface area contributed by atoms with Gasteiger partial charge in [0.2, 0.25) is 0 Å². The quantitative estimate of drug-likeness (QED) is 0.753. The van der Waals surface area contributed by atoms with Crippen molar-refractivity contribution in [1.29, 1.82) is 5.26 Å². The van der Waals surface area contributed by atoms with Crippen LogP contribution in [0.25, 0.3) is 0 Å². The topological polar surface area (TPSA) is 35.8 Å². The lowest BCUT2D eigenvalue weighted by Gasteiger charge is -2.31. The summed E-state index contributed by atoms with van der Waals surface area (Å²) in [4.78, 5) is 0. The maximum Gasteiger partial charge on any atom is 0.105 e. The molecule has 0 aromatic heterocycles. The van der Waals surface area contributed by atoms with Crippen LogP contribution in [0.4, 0.5) is 0 Å². The second-order valence-electron chi connectivity index (χ2n) is 4.06. The van der Waals surface area contributed by atoms with E-state index in [9.17, 15) is 0 Å². The predicted molar refractivity (Wildman–Crippen MR) is 57.7 cm³/mol. The molecule has 1 rings (SSSR count). The van der Waals surface area contributed by atoms with Crippen molar-refractivity contribution < 1.29 is 0 Å². The van der Waals surface area contributed by atoms with E-state index in [-0.39, 0.29) is 4.75 Å². The molecule has 1 N–H and O–H groups in total. The Labute approximate surface area is 85.1 Å². The molecule has 0 spiro atoms. The van der Waals surface area contributed by atoms with Crippen molar-refractivity contribution in [2.45, 2.75) is 31.4 Å². The number of hydrogen-bond acceptors (Lipinski definition) is 3. The van der Waals surface area contributed by atoms with Gasteiger partial charge < -0.3 is 5.32 Å². The van der Waals surface area contributed by atoms with Crippen molar-refractivity contribution in [1.82, 2.24) is 5.32 Å². The highest BCUT2D eigenvalue weighted by atomic mass is 32.2. The minimum absolute atomic E-state index is 0.0878. The molecule has 0 aromatic carbocycles. The van der Waals surface area contributed by atoms with Crippen molar-refractivity contribution in [2.24, 2.45) is 5.92 Å². The summed E-state index contributed by atoms with van der Waals surface area (Å²) in [6.45, 7) is 6.41. The molecule has 0 radical (unpaired) electrons. The molecule has 0 saturated carbocycles. The Hall–Kier alpha value is -0.200. The van der Waals surface area contributed by atoms with Gasteiger partial charge in [0, 0.05) is 0 Å². The number of thioether (sulfide) groups is 1. The van der Waals surface area contributed by atoms with Crippen molar-refractivity contribution in [3.63, 3.8) is 0 Å². The number of nitrogens with zero attached hydrogens (tertiary/aromatic N) is 1. The van der Waals surface area contributed by atoms with Crippen LogP contribution in [0.15, 0.2) is 0 Å². The fourth-order valence-corrected chi connectivity index (χ4v) is 2.65. The molecule has 1 fully saturated rings. The van der Waals surface area contributed by atoms with Crippen molar-refractivity contribution in [3.05, 3.63) is 0 Å². The molecule has 13 heavy (non-hydrogen) atoms. The molecular weight excluding hydrogens is 180 g/mol. The van der Waals surface area contributed by atoms with E-state index in [1.807, 2.05) is 11.8 Å². The van der Waals surface area contributed by atoms with Crippen LogP contribution >= 0.6 is 11.8 Å².